The smallest absolute Gasteiger partial charge is 0.340 e. The number of carbonyl (C=O) groups excluding carboxylic acids is 1. The van der Waals surface area contributed by atoms with Gasteiger partial charge in [-0.3, -0.25) is 0 Å². The van der Waals surface area contributed by atoms with E-state index >= 15 is 0 Å². The molecule has 5 heteroatoms. The number of halogens is 2. The molecule has 0 aliphatic rings. The van der Waals surface area contributed by atoms with Gasteiger partial charge in [0.25, 0.3) is 0 Å². The molecule has 3 nitrogen and oxygen atoms in total. The Morgan fingerprint density at radius 2 is 1.95 bits per heavy atom. The number of anilines is 1. The van der Waals surface area contributed by atoms with Gasteiger partial charge in [0.15, 0.2) is 0 Å². The van der Waals surface area contributed by atoms with Crippen molar-refractivity contribution in [1.29, 1.82) is 0 Å². The van der Waals surface area contributed by atoms with Gasteiger partial charge < -0.3 is 10.1 Å². The maximum atomic E-state index is 13.8. The molecule has 2 aromatic carbocycles. The van der Waals surface area contributed by atoms with E-state index in [2.05, 4.69) is 10.1 Å². The van der Waals surface area contributed by atoms with Crippen molar-refractivity contribution in [2.45, 2.75) is 13.5 Å². The number of esters is 1. The van der Waals surface area contributed by atoms with Crippen molar-refractivity contribution in [3.8, 4) is 0 Å². The third-order valence-corrected chi connectivity index (χ3v) is 3.13. The first-order valence-electron chi connectivity index (χ1n) is 6.38. The van der Waals surface area contributed by atoms with E-state index in [-0.39, 0.29) is 17.9 Å². The molecule has 0 unspecified atom stereocenters. The summed E-state index contributed by atoms with van der Waals surface area (Å²) in [6.45, 7) is 2.03. The molecule has 0 aromatic heterocycles. The predicted molar refractivity (Wildman–Crippen MR) is 76.2 cm³/mol. The van der Waals surface area contributed by atoms with Crippen LogP contribution in [0.3, 0.4) is 0 Å². The Bertz CT molecular complexity index is 651. The minimum absolute atomic E-state index is 0.122. The van der Waals surface area contributed by atoms with E-state index in [1.165, 1.54) is 25.3 Å². The largest absolute Gasteiger partial charge is 0.465 e. The first kappa shape index (κ1) is 15.0. The van der Waals surface area contributed by atoms with E-state index < -0.39 is 11.8 Å². The Morgan fingerprint density at radius 1 is 1.19 bits per heavy atom. The summed E-state index contributed by atoms with van der Waals surface area (Å²) in [5.41, 5.74) is 1.63. The molecule has 2 aromatic rings. The third-order valence-electron chi connectivity index (χ3n) is 3.13. The number of hydrogen-bond acceptors (Lipinski definition) is 3. The second-order valence-electron chi connectivity index (χ2n) is 4.59. The minimum atomic E-state index is -0.725. The first-order chi connectivity index (χ1) is 10.0. The summed E-state index contributed by atoms with van der Waals surface area (Å²) in [7, 11) is 1.19. The van der Waals surface area contributed by atoms with Crippen molar-refractivity contribution in [3.63, 3.8) is 0 Å². The molecule has 0 atom stereocenters. The Labute approximate surface area is 121 Å². The van der Waals surface area contributed by atoms with Crippen LogP contribution < -0.4 is 5.32 Å². The quantitative estimate of drug-likeness (QED) is 0.873. The zero-order valence-corrected chi connectivity index (χ0v) is 11.7. The highest BCUT2D eigenvalue weighted by Gasteiger charge is 2.12. The van der Waals surface area contributed by atoms with Crippen LogP contribution in [-0.4, -0.2) is 13.1 Å². The zero-order valence-electron chi connectivity index (χ0n) is 11.7. The number of aryl methyl sites for hydroxylation is 1. The molecule has 0 fully saturated rings. The summed E-state index contributed by atoms with van der Waals surface area (Å²) in [5, 5.41) is 2.93. The fourth-order valence-electron chi connectivity index (χ4n) is 1.99. The molecule has 0 amide bonds. The molecule has 21 heavy (non-hydrogen) atoms. The predicted octanol–water partition coefficient (Wildman–Crippen LogP) is 3.67. The van der Waals surface area contributed by atoms with E-state index in [0.29, 0.717) is 11.3 Å². The summed E-state index contributed by atoms with van der Waals surface area (Å²) >= 11 is 0. The minimum Gasteiger partial charge on any atom is -0.465 e. The van der Waals surface area contributed by atoms with Gasteiger partial charge in [0.1, 0.15) is 11.6 Å². The van der Waals surface area contributed by atoms with Crippen LogP contribution in [-0.2, 0) is 11.3 Å². The average molecular weight is 291 g/mol. The molecule has 110 valence electrons. The molecule has 0 saturated heterocycles. The lowest BCUT2D eigenvalue weighted by molar-refractivity contribution is 0.0595. The Morgan fingerprint density at radius 3 is 2.57 bits per heavy atom. The fraction of sp³-hybridized carbons (Fsp3) is 0.188. The maximum absolute atomic E-state index is 13.8. The van der Waals surface area contributed by atoms with Gasteiger partial charge in [0.05, 0.1) is 18.4 Å². The Kier molecular flexibility index (Phi) is 4.52. The van der Waals surface area contributed by atoms with Crippen LogP contribution >= 0.6 is 0 Å². The second-order valence-corrected chi connectivity index (χ2v) is 4.59. The number of carbonyl (C=O) groups is 1. The molecule has 1 N–H and O–H groups in total. The van der Waals surface area contributed by atoms with Gasteiger partial charge >= 0.3 is 5.97 Å². The van der Waals surface area contributed by atoms with Crippen LogP contribution in [0.4, 0.5) is 14.5 Å². The lowest BCUT2D eigenvalue weighted by Crippen LogP contribution is -2.07. The van der Waals surface area contributed by atoms with Gasteiger partial charge in [-0.25, -0.2) is 13.6 Å². The maximum Gasteiger partial charge on any atom is 0.340 e. The highest BCUT2D eigenvalue weighted by Crippen LogP contribution is 2.20. The summed E-state index contributed by atoms with van der Waals surface area (Å²) in [4.78, 5) is 11.3. The van der Waals surface area contributed by atoms with Gasteiger partial charge in [-0.05, 0) is 36.2 Å². The standard InChI is InChI=1S/C16H15F2NO2/c1-10-4-3-5-13(17)15(10)19-9-11-6-7-12(14(18)8-11)16(20)21-2/h3-8,19H,9H2,1-2H3. The Balaban J connectivity index is 2.14. The van der Waals surface area contributed by atoms with Crippen molar-refractivity contribution in [1.82, 2.24) is 0 Å². The van der Waals surface area contributed by atoms with Crippen molar-refractivity contribution in [2.24, 2.45) is 0 Å². The van der Waals surface area contributed by atoms with Crippen molar-refractivity contribution >= 4 is 11.7 Å². The second kappa shape index (κ2) is 6.35. The molecule has 0 aliphatic heterocycles. The number of methoxy groups -OCH3 is 1. The fourth-order valence-corrected chi connectivity index (χ4v) is 1.99. The van der Waals surface area contributed by atoms with Crippen LogP contribution in [0.15, 0.2) is 36.4 Å². The zero-order chi connectivity index (χ0) is 15.4. The molecule has 0 aliphatic carbocycles. The highest BCUT2D eigenvalue weighted by atomic mass is 19.1. The summed E-state index contributed by atoms with van der Waals surface area (Å²) in [6.07, 6.45) is 0. The first-order valence-corrected chi connectivity index (χ1v) is 6.38. The van der Waals surface area contributed by atoms with E-state index in [1.807, 2.05) is 0 Å². The lowest BCUT2D eigenvalue weighted by Gasteiger charge is -2.11. The van der Waals surface area contributed by atoms with Gasteiger partial charge in [0.2, 0.25) is 0 Å². The van der Waals surface area contributed by atoms with E-state index in [1.54, 1.807) is 25.1 Å². The summed E-state index contributed by atoms with van der Waals surface area (Å²) in [6, 6.07) is 8.95. The number of rotatable bonds is 4. The summed E-state index contributed by atoms with van der Waals surface area (Å²) in [5.74, 6) is -1.75. The lowest BCUT2D eigenvalue weighted by atomic mass is 10.1. The molecule has 2 rings (SSSR count). The van der Waals surface area contributed by atoms with Gasteiger partial charge in [-0.1, -0.05) is 18.2 Å². The van der Waals surface area contributed by atoms with Gasteiger partial charge in [0, 0.05) is 6.54 Å². The number of hydrogen-bond donors (Lipinski definition) is 1. The number of nitrogens with one attached hydrogen (secondary N) is 1. The molecule has 0 spiro atoms. The number of benzene rings is 2. The molecular formula is C16H15F2NO2. The van der Waals surface area contributed by atoms with Crippen LogP contribution in [0.1, 0.15) is 21.5 Å². The van der Waals surface area contributed by atoms with Crippen molar-refractivity contribution < 1.29 is 18.3 Å². The van der Waals surface area contributed by atoms with Crippen molar-refractivity contribution in [3.05, 3.63) is 64.7 Å². The Hall–Kier alpha value is -2.43. The van der Waals surface area contributed by atoms with Crippen LogP contribution in [0, 0.1) is 18.6 Å². The summed E-state index contributed by atoms with van der Waals surface area (Å²) < 4.78 is 31.9. The molecule has 0 heterocycles. The molecular weight excluding hydrogens is 276 g/mol. The topological polar surface area (TPSA) is 38.3 Å². The molecule has 0 bridgehead atoms. The normalized spacial score (nSPS) is 10.3. The van der Waals surface area contributed by atoms with Crippen LogP contribution in [0.25, 0.3) is 0 Å². The van der Waals surface area contributed by atoms with Crippen molar-refractivity contribution in [2.75, 3.05) is 12.4 Å². The monoisotopic (exact) mass is 291 g/mol. The van der Waals surface area contributed by atoms with Gasteiger partial charge in [-0.2, -0.15) is 0 Å². The highest BCUT2D eigenvalue weighted by molar-refractivity contribution is 5.89. The number of ether oxygens (including phenoxy) is 1. The van der Waals surface area contributed by atoms with E-state index in [0.717, 1.165) is 5.56 Å². The average Bonchev–Trinajstić information content (AvgIpc) is 2.46. The molecule has 0 radical (unpaired) electrons. The van der Waals surface area contributed by atoms with E-state index in [4.69, 9.17) is 0 Å². The van der Waals surface area contributed by atoms with Crippen LogP contribution in [0.2, 0.25) is 0 Å². The SMILES string of the molecule is COC(=O)c1ccc(CNc2c(C)cccc2F)cc1F. The van der Waals surface area contributed by atoms with E-state index in [9.17, 15) is 13.6 Å². The third kappa shape index (κ3) is 3.37. The molecule has 0 saturated carbocycles. The number of para-hydroxylation sites is 1. The van der Waals surface area contributed by atoms with Gasteiger partial charge in [-0.15, -0.1) is 0 Å². The van der Waals surface area contributed by atoms with Crippen LogP contribution in [0.5, 0.6) is 0 Å².